The van der Waals surface area contributed by atoms with Gasteiger partial charge in [-0.05, 0) is 55.2 Å². The van der Waals surface area contributed by atoms with Crippen LogP contribution in [0.25, 0.3) is 11.3 Å². The molecule has 1 N–H and O–H groups in total. The number of carbonyl (C=O) groups excluding carboxylic acids is 1. The second kappa shape index (κ2) is 8.31. The first-order chi connectivity index (χ1) is 15.4. The number of thiazole rings is 1. The molecule has 2 aromatic carbocycles. The highest BCUT2D eigenvalue weighted by Gasteiger charge is 2.29. The Kier molecular flexibility index (Phi) is 5.48. The van der Waals surface area contributed by atoms with E-state index in [0.717, 1.165) is 34.7 Å². The smallest absolute Gasteiger partial charge is 0.257 e. The van der Waals surface area contributed by atoms with Crippen molar-refractivity contribution < 1.29 is 17.9 Å². The van der Waals surface area contributed by atoms with E-state index in [1.54, 1.807) is 12.1 Å². The number of hydrogen-bond acceptors (Lipinski definition) is 6. The number of para-hydroxylation sites is 1. The van der Waals surface area contributed by atoms with Gasteiger partial charge >= 0.3 is 0 Å². The molecule has 0 spiro atoms. The molecule has 0 saturated carbocycles. The molecule has 7 nitrogen and oxygen atoms in total. The Morgan fingerprint density at radius 1 is 1.19 bits per heavy atom. The summed E-state index contributed by atoms with van der Waals surface area (Å²) in [4.78, 5) is 18.5. The van der Waals surface area contributed by atoms with E-state index in [0.29, 0.717) is 36.3 Å². The summed E-state index contributed by atoms with van der Waals surface area (Å²) >= 11 is 1.38. The monoisotopic (exact) mass is 469 g/mol. The van der Waals surface area contributed by atoms with E-state index in [4.69, 9.17) is 4.74 Å². The Hall–Kier alpha value is -2.75. The minimum absolute atomic E-state index is 0.210. The lowest BCUT2D eigenvalue weighted by atomic mass is 10.0. The minimum atomic E-state index is -3.55. The van der Waals surface area contributed by atoms with Gasteiger partial charge in [-0.3, -0.25) is 10.1 Å². The minimum Gasteiger partial charge on any atom is -0.487 e. The summed E-state index contributed by atoms with van der Waals surface area (Å²) in [7, 11) is -3.55. The molecule has 3 aromatic rings. The Morgan fingerprint density at radius 2 is 1.97 bits per heavy atom. The maximum Gasteiger partial charge on any atom is 0.257 e. The number of aromatic nitrogens is 1. The van der Waals surface area contributed by atoms with Gasteiger partial charge in [-0.25, -0.2) is 13.4 Å². The van der Waals surface area contributed by atoms with Crippen LogP contribution in [0.4, 0.5) is 5.13 Å². The number of hydrogen-bond donors (Lipinski definition) is 1. The largest absolute Gasteiger partial charge is 0.487 e. The van der Waals surface area contributed by atoms with Gasteiger partial charge < -0.3 is 4.74 Å². The Morgan fingerprint density at radius 3 is 2.75 bits per heavy atom. The highest BCUT2D eigenvalue weighted by atomic mass is 32.2. The molecule has 3 heterocycles. The number of rotatable bonds is 4. The van der Waals surface area contributed by atoms with Gasteiger partial charge in [0.05, 0.1) is 15.5 Å². The number of benzene rings is 2. The molecule has 0 bridgehead atoms. The number of amides is 1. The van der Waals surface area contributed by atoms with Crippen LogP contribution in [0.1, 0.15) is 35.0 Å². The number of fused-ring (bicyclic) bond motifs is 3. The number of carbonyl (C=O) groups is 1. The van der Waals surface area contributed by atoms with Crippen molar-refractivity contribution in [3.05, 3.63) is 59.0 Å². The van der Waals surface area contributed by atoms with Gasteiger partial charge in [0.2, 0.25) is 10.0 Å². The highest BCUT2D eigenvalue weighted by molar-refractivity contribution is 7.89. The Balaban J connectivity index is 1.32. The summed E-state index contributed by atoms with van der Waals surface area (Å²) in [6.07, 6.45) is 1.91. The second-order valence-corrected chi connectivity index (χ2v) is 11.2. The van der Waals surface area contributed by atoms with Gasteiger partial charge in [0.15, 0.2) is 5.13 Å². The summed E-state index contributed by atoms with van der Waals surface area (Å²) in [6, 6.07) is 13.8. The zero-order valence-electron chi connectivity index (χ0n) is 17.6. The summed E-state index contributed by atoms with van der Waals surface area (Å²) in [5.74, 6) is 0.800. The molecule has 1 amide bonds. The molecule has 1 unspecified atom stereocenters. The maximum absolute atomic E-state index is 12.9. The van der Waals surface area contributed by atoms with Crippen LogP contribution in [-0.4, -0.2) is 36.7 Å². The number of sulfonamides is 1. The first-order valence-electron chi connectivity index (χ1n) is 10.6. The van der Waals surface area contributed by atoms with E-state index in [1.165, 1.54) is 27.8 Å². The molecule has 0 radical (unpaired) electrons. The fraction of sp³-hybridized carbons (Fsp3) is 0.304. The van der Waals surface area contributed by atoms with Crippen LogP contribution in [0.15, 0.2) is 53.4 Å². The molecule has 166 valence electrons. The topological polar surface area (TPSA) is 88.6 Å². The molecule has 1 aromatic heterocycles. The lowest BCUT2D eigenvalue weighted by Crippen LogP contribution is -2.39. The van der Waals surface area contributed by atoms with E-state index < -0.39 is 10.0 Å². The van der Waals surface area contributed by atoms with E-state index in [-0.39, 0.29) is 10.8 Å². The SMILES string of the molecule is CC1CCCN(S(=O)(=O)c2ccc(C(=O)Nc3nc4c(s3)COc3ccccc3-4)cc2)C1. The van der Waals surface area contributed by atoms with Crippen molar-refractivity contribution in [2.75, 3.05) is 18.4 Å². The van der Waals surface area contributed by atoms with Gasteiger partial charge in [-0.2, -0.15) is 4.31 Å². The van der Waals surface area contributed by atoms with Gasteiger partial charge in [-0.1, -0.05) is 30.4 Å². The van der Waals surface area contributed by atoms with Crippen molar-refractivity contribution in [3.8, 4) is 17.0 Å². The van der Waals surface area contributed by atoms with Crippen LogP contribution >= 0.6 is 11.3 Å². The molecule has 1 saturated heterocycles. The number of anilines is 1. The van der Waals surface area contributed by atoms with Gasteiger partial charge in [0.25, 0.3) is 5.91 Å². The molecule has 0 aliphatic carbocycles. The molecule has 2 aliphatic heterocycles. The van der Waals surface area contributed by atoms with Crippen LogP contribution in [0, 0.1) is 5.92 Å². The normalized spacial score (nSPS) is 18.3. The Bertz CT molecular complexity index is 1270. The lowest BCUT2D eigenvalue weighted by Gasteiger charge is -2.30. The predicted molar refractivity (Wildman–Crippen MR) is 123 cm³/mol. The van der Waals surface area contributed by atoms with Gasteiger partial charge in [0, 0.05) is 24.2 Å². The average molecular weight is 470 g/mol. The van der Waals surface area contributed by atoms with Crippen LogP contribution in [0.5, 0.6) is 5.75 Å². The van der Waals surface area contributed by atoms with Crippen molar-refractivity contribution in [3.63, 3.8) is 0 Å². The van der Waals surface area contributed by atoms with E-state index in [9.17, 15) is 13.2 Å². The number of nitrogens with one attached hydrogen (secondary N) is 1. The third-order valence-electron chi connectivity index (χ3n) is 5.79. The molecule has 32 heavy (non-hydrogen) atoms. The second-order valence-electron chi connectivity index (χ2n) is 8.16. The standard InChI is InChI=1S/C23H23N3O4S2/c1-15-5-4-12-26(13-15)32(28,29)17-10-8-16(9-11-17)22(27)25-23-24-21-18-6-2-3-7-19(18)30-14-20(21)31-23/h2-3,6-11,15H,4-5,12-14H2,1H3,(H,24,25,27). The molecule has 1 atom stereocenters. The van der Waals surface area contributed by atoms with Crippen LogP contribution in [0.3, 0.4) is 0 Å². The maximum atomic E-state index is 12.9. The van der Waals surface area contributed by atoms with Crippen molar-refractivity contribution >= 4 is 32.4 Å². The number of nitrogens with zero attached hydrogens (tertiary/aromatic N) is 2. The summed E-state index contributed by atoms with van der Waals surface area (Å²) in [5.41, 5.74) is 2.11. The third-order valence-corrected chi connectivity index (χ3v) is 8.62. The van der Waals surface area contributed by atoms with E-state index >= 15 is 0 Å². The van der Waals surface area contributed by atoms with Crippen molar-refractivity contribution in [2.24, 2.45) is 5.92 Å². The first kappa shape index (κ1) is 21.1. The summed E-state index contributed by atoms with van der Waals surface area (Å²) in [5, 5.41) is 3.31. The van der Waals surface area contributed by atoms with E-state index in [1.807, 2.05) is 24.3 Å². The summed E-state index contributed by atoms with van der Waals surface area (Å²) < 4.78 is 33.1. The van der Waals surface area contributed by atoms with Gasteiger partial charge in [0.1, 0.15) is 12.4 Å². The molecule has 2 aliphatic rings. The van der Waals surface area contributed by atoms with Crippen molar-refractivity contribution in [1.82, 2.24) is 9.29 Å². The Labute approximate surface area is 191 Å². The number of piperidine rings is 1. The average Bonchev–Trinajstić information content (AvgIpc) is 3.22. The molecule has 5 rings (SSSR count). The number of ether oxygens (including phenoxy) is 1. The fourth-order valence-corrected chi connectivity index (χ4v) is 6.59. The third kappa shape index (κ3) is 3.92. The van der Waals surface area contributed by atoms with Crippen LogP contribution < -0.4 is 10.1 Å². The first-order valence-corrected chi connectivity index (χ1v) is 12.8. The van der Waals surface area contributed by atoms with E-state index in [2.05, 4.69) is 17.2 Å². The van der Waals surface area contributed by atoms with Crippen molar-refractivity contribution in [1.29, 1.82) is 0 Å². The molecular formula is C23H23N3O4S2. The molecule has 1 fully saturated rings. The predicted octanol–water partition coefficient (Wildman–Crippen LogP) is 4.38. The zero-order valence-corrected chi connectivity index (χ0v) is 19.2. The molecular weight excluding hydrogens is 446 g/mol. The fourth-order valence-electron chi connectivity index (χ4n) is 4.11. The van der Waals surface area contributed by atoms with Gasteiger partial charge in [-0.15, -0.1) is 0 Å². The van der Waals surface area contributed by atoms with Crippen LogP contribution in [-0.2, 0) is 16.6 Å². The highest BCUT2D eigenvalue weighted by Crippen LogP contribution is 2.40. The quantitative estimate of drug-likeness (QED) is 0.613. The van der Waals surface area contributed by atoms with Crippen LogP contribution in [0.2, 0.25) is 0 Å². The zero-order chi connectivity index (χ0) is 22.3. The van der Waals surface area contributed by atoms with Crippen molar-refractivity contribution in [2.45, 2.75) is 31.3 Å². The summed E-state index contributed by atoms with van der Waals surface area (Å²) in [6.45, 7) is 3.56. The molecule has 9 heteroatoms. The lowest BCUT2D eigenvalue weighted by molar-refractivity contribution is 0.102.